The summed E-state index contributed by atoms with van der Waals surface area (Å²) in [6, 6.07) is 9.38. The standard InChI is InChI=1S/C36H44O8/c1-17(2)21(24-30(40)33(5,6)32(42)34(7,8)31(24)41)23-27(38)22-20-16-36(44-35(20,9)10,19-14-12-11-13-15-19)43-29(22)25(28(23)39)26(37)18(3)4/h11-15,17-18,20-21,38-40H,16H2,1-10H3/t20-,21-,36+/m0/s1. The van der Waals surface area contributed by atoms with E-state index in [9.17, 15) is 29.7 Å². The Kier molecular flexibility index (Phi) is 7.17. The largest absolute Gasteiger partial charge is 0.511 e. The quantitative estimate of drug-likeness (QED) is 0.233. The summed E-state index contributed by atoms with van der Waals surface area (Å²) in [5.74, 6) is -6.38. The van der Waals surface area contributed by atoms with Gasteiger partial charge in [-0.15, -0.1) is 0 Å². The van der Waals surface area contributed by atoms with Gasteiger partial charge in [0.15, 0.2) is 17.3 Å². The summed E-state index contributed by atoms with van der Waals surface area (Å²) in [5.41, 5.74) is -2.86. The van der Waals surface area contributed by atoms with Gasteiger partial charge in [-0.1, -0.05) is 58.0 Å². The van der Waals surface area contributed by atoms with Crippen LogP contribution in [0.2, 0.25) is 0 Å². The molecule has 0 amide bonds. The fraction of sp³-hybridized carbons (Fsp3) is 0.528. The van der Waals surface area contributed by atoms with Crippen molar-refractivity contribution in [3.63, 3.8) is 0 Å². The molecule has 2 aliphatic heterocycles. The fourth-order valence-corrected chi connectivity index (χ4v) is 7.51. The Morgan fingerprint density at radius 2 is 1.48 bits per heavy atom. The number of carbonyl (C=O) groups excluding carboxylic acids is 3. The second kappa shape index (κ2) is 9.93. The van der Waals surface area contributed by atoms with E-state index < -0.39 is 74.7 Å². The Hall–Kier alpha value is -3.65. The zero-order valence-corrected chi connectivity index (χ0v) is 27.3. The van der Waals surface area contributed by atoms with Gasteiger partial charge in [-0.25, -0.2) is 0 Å². The molecule has 2 bridgehead atoms. The molecule has 3 aliphatic rings. The van der Waals surface area contributed by atoms with Crippen LogP contribution < -0.4 is 4.74 Å². The minimum Gasteiger partial charge on any atom is -0.511 e. The van der Waals surface area contributed by atoms with Crippen LogP contribution in [0, 0.1) is 22.7 Å². The van der Waals surface area contributed by atoms with Crippen molar-refractivity contribution >= 4 is 17.3 Å². The molecular formula is C36H44O8. The van der Waals surface area contributed by atoms with Crippen LogP contribution in [0.15, 0.2) is 41.7 Å². The molecule has 1 aliphatic carbocycles. The Bertz CT molecular complexity index is 1610. The highest BCUT2D eigenvalue weighted by Crippen LogP contribution is 2.65. The summed E-state index contributed by atoms with van der Waals surface area (Å²) in [5, 5.41) is 35.8. The molecule has 1 fully saturated rings. The fourth-order valence-electron chi connectivity index (χ4n) is 7.51. The molecule has 44 heavy (non-hydrogen) atoms. The third-order valence-corrected chi connectivity index (χ3v) is 9.90. The van der Waals surface area contributed by atoms with Gasteiger partial charge in [0, 0.05) is 46.4 Å². The van der Waals surface area contributed by atoms with Gasteiger partial charge in [-0.3, -0.25) is 14.4 Å². The van der Waals surface area contributed by atoms with Gasteiger partial charge in [0.2, 0.25) is 5.79 Å². The first-order valence-electron chi connectivity index (χ1n) is 15.4. The summed E-state index contributed by atoms with van der Waals surface area (Å²) in [7, 11) is 0. The predicted molar refractivity (Wildman–Crippen MR) is 165 cm³/mol. The smallest absolute Gasteiger partial charge is 0.238 e. The van der Waals surface area contributed by atoms with Crippen molar-refractivity contribution in [1.82, 2.24) is 0 Å². The monoisotopic (exact) mass is 604 g/mol. The summed E-state index contributed by atoms with van der Waals surface area (Å²) >= 11 is 0. The molecule has 3 atom stereocenters. The van der Waals surface area contributed by atoms with E-state index in [0.29, 0.717) is 12.0 Å². The first-order chi connectivity index (χ1) is 20.2. The van der Waals surface area contributed by atoms with Crippen LogP contribution in [0.25, 0.3) is 0 Å². The van der Waals surface area contributed by atoms with E-state index in [-0.39, 0.29) is 28.2 Å². The van der Waals surface area contributed by atoms with E-state index in [1.807, 2.05) is 44.2 Å². The summed E-state index contributed by atoms with van der Waals surface area (Å²) in [6.45, 7) is 17.0. The Morgan fingerprint density at radius 1 is 0.886 bits per heavy atom. The molecule has 1 saturated heterocycles. The van der Waals surface area contributed by atoms with Crippen molar-refractivity contribution in [3.8, 4) is 17.2 Å². The predicted octanol–water partition coefficient (Wildman–Crippen LogP) is 7.22. The topological polar surface area (TPSA) is 130 Å². The molecule has 8 heteroatoms. The van der Waals surface area contributed by atoms with Crippen LogP contribution in [0.4, 0.5) is 0 Å². The van der Waals surface area contributed by atoms with Crippen molar-refractivity contribution < 1.29 is 39.2 Å². The number of ketones is 3. The van der Waals surface area contributed by atoms with Crippen LogP contribution in [0.3, 0.4) is 0 Å². The molecule has 3 N–H and O–H groups in total. The molecule has 0 spiro atoms. The van der Waals surface area contributed by atoms with Crippen molar-refractivity contribution in [2.24, 2.45) is 22.7 Å². The number of aliphatic hydroxyl groups is 1. The Labute approximate surface area is 259 Å². The van der Waals surface area contributed by atoms with E-state index in [2.05, 4.69) is 0 Å². The van der Waals surface area contributed by atoms with Crippen LogP contribution in [-0.4, -0.2) is 38.3 Å². The number of allylic oxidation sites excluding steroid dienone is 2. The number of carbonyl (C=O) groups is 3. The number of rotatable bonds is 6. The SMILES string of the molecule is CC(C)C(=O)c1c(O)c([C@@H](C2=C(O)C(C)(C)C(=O)C(C)(C)C2=O)C(C)C)c(O)c2c1O[C@]1(c3ccccc3)C[C@@H]2C(C)(C)O1. The molecule has 0 aromatic heterocycles. The molecule has 2 heterocycles. The highest BCUT2D eigenvalue weighted by molar-refractivity contribution is 6.19. The lowest BCUT2D eigenvalue weighted by Gasteiger charge is -2.42. The molecule has 0 radical (unpaired) electrons. The average Bonchev–Trinajstić information content (AvgIpc) is 3.16. The van der Waals surface area contributed by atoms with E-state index in [4.69, 9.17) is 9.47 Å². The molecule has 0 saturated carbocycles. The number of ether oxygens (including phenoxy) is 2. The third-order valence-electron chi connectivity index (χ3n) is 9.90. The van der Waals surface area contributed by atoms with Gasteiger partial charge >= 0.3 is 0 Å². The zero-order valence-electron chi connectivity index (χ0n) is 27.3. The molecule has 236 valence electrons. The van der Waals surface area contributed by atoms with Crippen molar-refractivity contribution in [3.05, 3.63) is 63.9 Å². The lowest BCUT2D eigenvalue weighted by atomic mass is 9.59. The summed E-state index contributed by atoms with van der Waals surface area (Å²) in [4.78, 5) is 41.3. The second-order valence-electron chi connectivity index (χ2n) is 14.8. The minimum atomic E-state index is -1.46. The number of phenolic OH excluding ortho intramolecular Hbond substituents is 2. The van der Waals surface area contributed by atoms with Gasteiger partial charge in [0.25, 0.3) is 0 Å². The zero-order chi connectivity index (χ0) is 32.9. The van der Waals surface area contributed by atoms with Gasteiger partial charge in [-0.05, 0) is 47.5 Å². The lowest BCUT2D eigenvalue weighted by molar-refractivity contribution is -0.202. The highest BCUT2D eigenvalue weighted by Gasteiger charge is 2.61. The van der Waals surface area contributed by atoms with Crippen molar-refractivity contribution in [2.75, 3.05) is 0 Å². The van der Waals surface area contributed by atoms with Crippen LogP contribution in [0.5, 0.6) is 17.2 Å². The van der Waals surface area contributed by atoms with Gasteiger partial charge < -0.3 is 24.8 Å². The number of hydrogen-bond acceptors (Lipinski definition) is 8. The highest BCUT2D eigenvalue weighted by atomic mass is 16.7. The van der Waals surface area contributed by atoms with Crippen molar-refractivity contribution in [1.29, 1.82) is 0 Å². The first-order valence-corrected chi connectivity index (χ1v) is 15.4. The number of aliphatic hydroxyl groups excluding tert-OH is 1. The number of phenols is 2. The maximum atomic E-state index is 14.0. The normalized spacial score (nSPS) is 25.7. The number of fused-ring (bicyclic) bond motifs is 4. The minimum absolute atomic E-state index is 0.0443. The van der Waals surface area contributed by atoms with E-state index in [1.54, 1.807) is 41.5 Å². The van der Waals surface area contributed by atoms with E-state index in [1.165, 1.54) is 13.8 Å². The van der Waals surface area contributed by atoms with E-state index >= 15 is 0 Å². The van der Waals surface area contributed by atoms with Crippen LogP contribution >= 0.6 is 0 Å². The first kappa shape index (κ1) is 31.8. The van der Waals surface area contributed by atoms with Gasteiger partial charge in [0.1, 0.15) is 28.6 Å². The van der Waals surface area contributed by atoms with Crippen LogP contribution in [0.1, 0.15) is 115 Å². The number of aromatic hydroxyl groups is 2. The third kappa shape index (κ3) is 4.24. The summed E-state index contributed by atoms with van der Waals surface area (Å²) < 4.78 is 13.2. The molecule has 0 unspecified atom stereocenters. The Morgan fingerprint density at radius 3 is 2.02 bits per heavy atom. The number of benzene rings is 2. The second-order valence-corrected chi connectivity index (χ2v) is 14.8. The summed E-state index contributed by atoms with van der Waals surface area (Å²) in [6.07, 6.45) is 0.331. The number of hydrogen-bond donors (Lipinski definition) is 3. The molecule has 2 aromatic rings. The maximum Gasteiger partial charge on any atom is 0.238 e. The lowest BCUT2D eigenvalue weighted by Crippen LogP contribution is -2.50. The molecule has 5 rings (SSSR count). The van der Waals surface area contributed by atoms with Gasteiger partial charge in [-0.2, -0.15) is 0 Å². The van der Waals surface area contributed by atoms with E-state index in [0.717, 1.165) is 5.56 Å². The maximum absolute atomic E-state index is 14.0. The number of Topliss-reactive ketones (excluding diaryl/α,β-unsaturated/α-hetero) is 3. The Balaban J connectivity index is 1.88. The van der Waals surface area contributed by atoms with Crippen molar-refractivity contribution in [2.45, 2.75) is 98.9 Å². The average molecular weight is 605 g/mol. The van der Waals surface area contributed by atoms with Crippen LogP contribution in [-0.2, 0) is 20.1 Å². The molecular weight excluding hydrogens is 560 g/mol. The van der Waals surface area contributed by atoms with Gasteiger partial charge in [0.05, 0.1) is 16.4 Å². The molecule has 8 nitrogen and oxygen atoms in total. The molecule has 2 aromatic carbocycles.